The van der Waals surface area contributed by atoms with Gasteiger partial charge in [-0.2, -0.15) is 0 Å². The highest BCUT2D eigenvalue weighted by Gasteiger charge is 1.96. The van der Waals surface area contributed by atoms with Crippen LogP contribution in [-0.2, 0) is 4.79 Å². The van der Waals surface area contributed by atoms with E-state index in [0.29, 0.717) is 13.0 Å². The van der Waals surface area contributed by atoms with Crippen LogP contribution >= 0.6 is 0 Å². The van der Waals surface area contributed by atoms with E-state index in [-0.39, 0.29) is 5.91 Å². The lowest BCUT2D eigenvalue weighted by Gasteiger charge is -2.10. The van der Waals surface area contributed by atoms with E-state index < -0.39 is 0 Å². The number of hydrogen-bond acceptors (Lipinski definition) is 3. The van der Waals surface area contributed by atoms with Crippen molar-refractivity contribution in [3.8, 4) is 0 Å². The minimum atomic E-state index is 0.108. The van der Waals surface area contributed by atoms with Crippen molar-refractivity contribution in [3.63, 3.8) is 0 Å². The van der Waals surface area contributed by atoms with E-state index in [9.17, 15) is 4.79 Å². The van der Waals surface area contributed by atoms with Gasteiger partial charge < -0.3 is 15.5 Å². The molecule has 0 rings (SSSR count). The summed E-state index contributed by atoms with van der Waals surface area (Å²) in [7, 11) is 4.10. The molecule has 0 aliphatic rings. The van der Waals surface area contributed by atoms with Gasteiger partial charge >= 0.3 is 0 Å². The Bertz CT molecular complexity index is 227. The Morgan fingerprint density at radius 3 is 2.61 bits per heavy atom. The monoisotopic (exact) mass is 255 g/mol. The van der Waals surface area contributed by atoms with Crippen molar-refractivity contribution >= 4 is 5.91 Å². The largest absolute Gasteiger partial charge is 0.355 e. The van der Waals surface area contributed by atoms with Gasteiger partial charge in [-0.05, 0) is 20.5 Å². The second-order valence-electron chi connectivity index (χ2n) is 4.72. The molecule has 0 bridgehead atoms. The Hall–Kier alpha value is -0.870. The number of hydrogen-bond donors (Lipinski definition) is 2. The fourth-order valence-electron chi connectivity index (χ4n) is 1.42. The van der Waals surface area contributed by atoms with Crippen molar-refractivity contribution in [1.29, 1.82) is 0 Å². The molecule has 0 heterocycles. The van der Waals surface area contributed by atoms with E-state index in [1.54, 1.807) is 0 Å². The highest BCUT2D eigenvalue weighted by Crippen LogP contribution is 1.95. The number of unbranched alkanes of at least 4 members (excludes halogenated alkanes) is 2. The van der Waals surface area contributed by atoms with Crippen molar-refractivity contribution < 1.29 is 4.79 Å². The van der Waals surface area contributed by atoms with Gasteiger partial charge in [0.15, 0.2) is 0 Å². The molecule has 0 fully saturated rings. The van der Waals surface area contributed by atoms with Gasteiger partial charge in [0.25, 0.3) is 0 Å². The standard InChI is InChI=1S/C14H29N3O/c1-4-5-6-7-8-9-14(18)16-11-10-15-12-13-17(2)3/h7-8,15H,4-6,9-13H2,1-3H3,(H,16,18)/b8-7+. The maximum absolute atomic E-state index is 11.4. The van der Waals surface area contributed by atoms with Crippen molar-refractivity contribution in [2.75, 3.05) is 40.3 Å². The van der Waals surface area contributed by atoms with E-state index in [4.69, 9.17) is 0 Å². The molecule has 1 amide bonds. The first-order valence-electron chi connectivity index (χ1n) is 6.94. The molecule has 0 unspecified atom stereocenters. The molecular formula is C14H29N3O. The van der Waals surface area contributed by atoms with E-state index in [1.165, 1.54) is 12.8 Å². The Morgan fingerprint density at radius 2 is 1.94 bits per heavy atom. The third-order valence-corrected chi connectivity index (χ3v) is 2.55. The molecule has 0 saturated heterocycles. The van der Waals surface area contributed by atoms with Crippen LogP contribution in [0.2, 0.25) is 0 Å². The number of nitrogens with one attached hydrogen (secondary N) is 2. The Balaban J connectivity index is 3.29. The number of rotatable bonds is 11. The highest BCUT2D eigenvalue weighted by atomic mass is 16.1. The summed E-state index contributed by atoms with van der Waals surface area (Å²) >= 11 is 0. The topological polar surface area (TPSA) is 44.4 Å². The van der Waals surface area contributed by atoms with E-state index in [0.717, 1.165) is 26.1 Å². The molecule has 4 nitrogen and oxygen atoms in total. The van der Waals surface area contributed by atoms with Crippen LogP contribution in [0.1, 0.15) is 32.6 Å². The van der Waals surface area contributed by atoms with Crippen LogP contribution in [0.4, 0.5) is 0 Å². The second-order valence-corrected chi connectivity index (χ2v) is 4.72. The van der Waals surface area contributed by atoms with Crippen molar-refractivity contribution in [1.82, 2.24) is 15.5 Å². The van der Waals surface area contributed by atoms with Crippen LogP contribution in [0.5, 0.6) is 0 Å². The molecule has 18 heavy (non-hydrogen) atoms. The quantitative estimate of drug-likeness (QED) is 0.433. The molecule has 0 radical (unpaired) electrons. The van der Waals surface area contributed by atoms with Gasteiger partial charge in [-0.1, -0.05) is 31.9 Å². The third-order valence-electron chi connectivity index (χ3n) is 2.55. The van der Waals surface area contributed by atoms with Crippen molar-refractivity contribution in [2.45, 2.75) is 32.6 Å². The van der Waals surface area contributed by atoms with Crippen LogP contribution in [-0.4, -0.2) is 51.1 Å². The summed E-state index contributed by atoms with van der Waals surface area (Å²) in [6.07, 6.45) is 8.04. The minimum absolute atomic E-state index is 0.108. The molecular weight excluding hydrogens is 226 g/mol. The average molecular weight is 255 g/mol. The van der Waals surface area contributed by atoms with Crippen LogP contribution in [0.3, 0.4) is 0 Å². The van der Waals surface area contributed by atoms with Crippen molar-refractivity contribution in [3.05, 3.63) is 12.2 Å². The Morgan fingerprint density at radius 1 is 1.17 bits per heavy atom. The smallest absolute Gasteiger partial charge is 0.223 e. The summed E-state index contributed by atoms with van der Waals surface area (Å²) < 4.78 is 0. The zero-order valence-electron chi connectivity index (χ0n) is 12.2. The van der Waals surface area contributed by atoms with Crippen LogP contribution in [0.25, 0.3) is 0 Å². The number of likely N-dealkylation sites (N-methyl/N-ethyl adjacent to an activating group) is 1. The first kappa shape index (κ1) is 17.1. The summed E-state index contributed by atoms with van der Waals surface area (Å²) in [5.74, 6) is 0.108. The normalized spacial score (nSPS) is 11.3. The zero-order valence-corrected chi connectivity index (χ0v) is 12.2. The van der Waals surface area contributed by atoms with Crippen LogP contribution in [0, 0.1) is 0 Å². The maximum Gasteiger partial charge on any atom is 0.223 e. The van der Waals surface area contributed by atoms with E-state index in [2.05, 4.69) is 28.5 Å². The number of carbonyl (C=O) groups is 1. The predicted octanol–water partition coefficient (Wildman–Crippen LogP) is 1.39. The number of allylic oxidation sites excluding steroid dienone is 1. The summed E-state index contributed by atoms with van der Waals surface area (Å²) in [4.78, 5) is 13.5. The van der Waals surface area contributed by atoms with Gasteiger partial charge in [0.1, 0.15) is 0 Å². The molecule has 0 aliphatic carbocycles. The number of carbonyl (C=O) groups excluding carboxylic acids is 1. The molecule has 0 atom stereocenters. The molecule has 0 aliphatic heterocycles. The van der Waals surface area contributed by atoms with E-state index in [1.807, 2.05) is 20.2 Å². The van der Waals surface area contributed by atoms with Crippen LogP contribution in [0.15, 0.2) is 12.2 Å². The zero-order chi connectivity index (χ0) is 13.6. The Labute approximate surface area is 112 Å². The lowest BCUT2D eigenvalue weighted by Crippen LogP contribution is -2.34. The third kappa shape index (κ3) is 13.2. The van der Waals surface area contributed by atoms with Crippen molar-refractivity contribution in [2.24, 2.45) is 0 Å². The van der Waals surface area contributed by atoms with Gasteiger partial charge in [0.2, 0.25) is 5.91 Å². The first-order valence-corrected chi connectivity index (χ1v) is 6.94. The molecule has 0 spiro atoms. The molecule has 106 valence electrons. The lowest BCUT2D eigenvalue weighted by atomic mass is 10.2. The SMILES string of the molecule is CCCC/C=C/CC(=O)NCCNCCN(C)C. The van der Waals surface area contributed by atoms with Gasteiger partial charge in [-0.25, -0.2) is 0 Å². The minimum Gasteiger partial charge on any atom is -0.355 e. The van der Waals surface area contributed by atoms with Gasteiger partial charge in [-0.3, -0.25) is 4.79 Å². The fraction of sp³-hybridized carbons (Fsp3) is 0.786. The molecule has 0 aromatic rings. The average Bonchev–Trinajstić information content (AvgIpc) is 2.33. The summed E-state index contributed by atoms with van der Waals surface area (Å²) in [6.45, 7) is 5.69. The lowest BCUT2D eigenvalue weighted by molar-refractivity contribution is -0.120. The maximum atomic E-state index is 11.4. The Kier molecular flexibility index (Phi) is 12.0. The highest BCUT2D eigenvalue weighted by molar-refractivity contribution is 5.77. The second kappa shape index (κ2) is 12.6. The summed E-state index contributed by atoms with van der Waals surface area (Å²) in [5, 5.41) is 6.18. The molecule has 2 N–H and O–H groups in total. The molecule has 4 heteroatoms. The fourth-order valence-corrected chi connectivity index (χ4v) is 1.42. The number of amides is 1. The number of nitrogens with zero attached hydrogens (tertiary/aromatic N) is 1. The van der Waals surface area contributed by atoms with Gasteiger partial charge in [0, 0.05) is 32.6 Å². The van der Waals surface area contributed by atoms with Gasteiger partial charge in [0.05, 0.1) is 0 Å². The van der Waals surface area contributed by atoms with Crippen LogP contribution < -0.4 is 10.6 Å². The predicted molar refractivity (Wildman–Crippen MR) is 77.7 cm³/mol. The molecule has 0 aromatic heterocycles. The molecule has 0 saturated carbocycles. The molecule has 0 aromatic carbocycles. The summed E-state index contributed by atoms with van der Waals surface area (Å²) in [6, 6.07) is 0. The summed E-state index contributed by atoms with van der Waals surface area (Å²) in [5.41, 5.74) is 0. The van der Waals surface area contributed by atoms with Gasteiger partial charge in [-0.15, -0.1) is 0 Å². The van der Waals surface area contributed by atoms with E-state index >= 15 is 0 Å². The first-order chi connectivity index (χ1) is 8.66.